The number of thiol groups is 1. The molecule has 5 heteroatoms. The zero-order chi connectivity index (χ0) is 13.0. The number of rotatable bonds is 2. The summed E-state index contributed by atoms with van der Waals surface area (Å²) < 4.78 is 15.7. The van der Waals surface area contributed by atoms with Crippen molar-refractivity contribution in [3.05, 3.63) is 53.9 Å². The molecule has 1 heterocycles. The van der Waals surface area contributed by atoms with Crippen LogP contribution in [0.5, 0.6) is 0 Å². The van der Waals surface area contributed by atoms with E-state index >= 15 is 0 Å². The molecule has 0 saturated heterocycles. The summed E-state index contributed by atoms with van der Waals surface area (Å²) in [4.78, 5) is 15.7. The van der Waals surface area contributed by atoms with Crippen molar-refractivity contribution < 1.29 is 9.00 Å². The van der Waals surface area contributed by atoms with Crippen LogP contribution in [-0.4, -0.2) is 20.3 Å². The third-order valence-corrected chi connectivity index (χ3v) is 3.88. The predicted octanol–water partition coefficient (Wildman–Crippen LogP) is 2.08. The Balaban J connectivity index is 2.18. The Morgan fingerprint density at radius 1 is 1.44 bits per heavy atom. The molecule has 1 aliphatic carbocycles. The van der Waals surface area contributed by atoms with E-state index in [9.17, 15) is 9.00 Å². The molecule has 1 aromatic rings. The third-order valence-electron chi connectivity index (χ3n) is 2.55. The first kappa shape index (κ1) is 12.7. The number of pyridine rings is 1. The number of carbonyl (C=O) groups is 1. The minimum absolute atomic E-state index is 0.174. The highest BCUT2D eigenvalue weighted by Crippen LogP contribution is 2.09. The number of aryl methyl sites for hydroxylation is 1. The van der Waals surface area contributed by atoms with Gasteiger partial charge in [-0.1, -0.05) is 24.3 Å². The molecule has 0 bridgehead atoms. The monoisotopic (exact) mass is 262 g/mol. The normalized spacial score (nSPS) is 19.9. The average molecular weight is 262 g/mol. The second-order valence-corrected chi connectivity index (χ2v) is 5.54. The van der Waals surface area contributed by atoms with Crippen LogP contribution in [-0.2, 0) is 10.6 Å². The molecule has 0 saturated carbocycles. The highest BCUT2D eigenvalue weighted by Gasteiger charge is 2.10. The number of aromatic nitrogens is 1. The Morgan fingerprint density at radius 2 is 2.28 bits per heavy atom. The number of allylic oxidation sites excluding steroid dienone is 3. The van der Waals surface area contributed by atoms with Crippen molar-refractivity contribution in [3.8, 4) is 0 Å². The summed E-state index contributed by atoms with van der Waals surface area (Å²) in [5.74, 6) is -0.463. The smallest absolute Gasteiger partial charge is 0.266 e. The molecule has 2 unspecified atom stereocenters. The summed E-state index contributed by atoms with van der Waals surface area (Å²) in [5, 5.41) is -0.174. The van der Waals surface area contributed by atoms with Gasteiger partial charge in [0.2, 0.25) is 0 Å². The molecule has 1 aromatic heterocycles. The van der Waals surface area contributed by atoms with Crippen LogP contribution in [0, 0.1) is 6.92 Å². The molecule has 4 nitrogen and oxygen atoms in total. The van der Waals surface area contributed by atoms with E-state index in [0.29, 0.717) is 12.0 Å². The van der Waals surface area contributed by atoms with Gasteiger partial charge in [-0.15, -0.1) is 0 Å². The van der Waals surface area contributed by atoms with E-state index in [1.54, 1.807) is 12.3 Å². The lowest BCUT2D eigenvalue weighted by Gasteiger charge is -2.06. The van der Waals surface area contributed by atoms with E-state index in [1.807, 2.05) is 31.2 Å². The largest absolute Gasteiger partial charge is 0.286 e. The van der Waals surface area contributed by atoms with Gasteiger partial charge in [0.05, 0.1) is 21.4 Å². The van der Waals surface area contributed by atoms with Gasteiger partial charge in [-0.2, -0.15) is 4.36 Å². The highest BCUT2D eigenvalue weighted by molar-refractivity contribution is 7.76. The number of hydrogen-bond donors (Lipinski definition) is 1. The number of carbonyl (C=O) groups excluding carboxylic acids is 1. The molecule has 2 rings (SSSR count). The fraction of sp³-hybridized carbons (Fsp3) is 0.231. The Morgan fingerprint density at radius 3 is 2.94 bits per heavy atom. The van der Waals surface area contributed by atoms with Gasteiger partial charge in [0.15, 0.2) is 0 Å². The van der Waals surface area contributed by atoms with Gasteiger partial charge in [-0.25, -0.2) is 0 Å². The molecule has 1 amide bonds. The molecule has 0 N–H and O–H groups in total. The van der Waals surface area contributed by atoms with Gasteiger partial charge in [-0.05, 0) is 25.0 Å². The maximum absolute atomic E-state index is 11.9. The lowest BCUT2D eigenvalue weighted by molar-refractivity contribution is 0.100. The van der Waals surface area contributed by atoms with E-state index < -0.39 is 16.5 Å². The highest BCUT2D eigenvalue weighted by atomic mass is 32.2. The first-order valence-electron chi connectivity index (χ1n) is 5.64. The summed E-state index contributed by atoms with van der Waals surface area (Å²) in [6.45, 7) is 1.85. The Bertz CT molecular complexity index is 599. The summed E-state index contributed by atoms with van der Waals surface area (Å²) in [7, 11) is -1.91. The third kappa shape index (κ3) is 3.13. The van der Waals surface area contributed by atoms with Crippen LogP contribution in [0.1, 0.15) is 22.3 Å². The van der Waals surface area contributed by atoms with E-state index in [-0.39, 0.29) is 5.25 Å². The molecule has 2 atom stereocenters. The van der Waals surface area contributed by atoms with Gasteiger partial charge in [-0.3, -0.25) is 14.0 Å². The average Bonchev–Trinajstić information content (AvgIpc) is 2.39. The van der Waals surface area contributed by atoms with Gasteiger partial charge in [0.25, 0.3) is 5.91 Å². The molecule has 1 aliphatic rings. The predicted molar refractivity (Wildman–Crippen MR) is 72.0 cm³/mol. The van der Waals surface area contributed by atoms with Crippen LogP contribution in [0.25, 0.3) is 0 Å². The van der Waals surface area contributed by atoms with Gasteiger partial charge >= 0.3 is 0 Å². The second kappa shape index (κ2) is 5.73. The molecule has 0 spiro atoms. The zero-order valence-corrected chi connectivity index (χ0v) is 10.9. The van der Waals surface area contributed by atoms with Crippen molar-refractivity contribution in [1.29, 1.82) is 0 Å². The van der Waals surface area contributed by atoms with Crippen molar-refractivity contribution in [2.24, 2.45) is 4.36 Å². The van der Waals surface area contributed by atoms with Gasteiger partial charge in [0.1, 0.15) is 0 Å². The Labute approximate surface area is 108 Å². The van der Waals surface area contributed by atoms with Crippen LogP contribution < -0.4 is 0 Å². The summed E-state index contributed by atoms with van der Waals surface area (Å²) in [6, 6.07) is 1.69. The molecule has 18 heavy (non-hydrogen) atoms. The van der Waals surface area contributed by atoms with Crippen LogP contribution in [0.15, 0.2) is 47.1 Å². The molecule has 0 aromatic carbocycles. The van der Waals surface area contributed by atoms with Gasteiger partial charge < -0.3 is 0 Å². The van der Waals surface area contributed by atoms with E-state index in [4.69, 9.17) is 0 Å². The van der Waals surface area contributed by atoms with Crippen molar-refractivity contribution in [3.63, 3.8) is 0 Å². The number of amides is 1. The maximum Gasteiger partial charge on any atom is 0.286 e. The molecule has 0 fully saturated rings. The maximum atomic E-state index is 11.9. The van der Waals surface area contributed by atoms with Gasteiger partial charge in [0, 0.05) is 12.4 Å². The fourth-order valence-corrected chi connectivity index (χ4v) is 2.62. The van der Waals surface area contributed by atoms with E-state index in [2.05, 4.69) is 9.35 Å². The van der Waals surface area contributed by atoms with E-state index in [0.717, 1.165) is 5.56 Å². The summed E-state index contributed by atoms with van der Waals surface area (Å²) in [6.07, 6.45) is 11.2. The van der Waals surface area contributed by atoms with Crippen molar-refractivity contribution in [2.75, 3.05) is 0 Å². The topological polar surface area (TPSA) is 59.4 Å². The Hall–Kier alpha value is -1.75. The summed E-state index contributed by atoms with van der Waals surface area (Å²) >= 11 is 0. The standard InChI is InChI=1S/C13H14N2O2S/c1-10-7-11(9-14-8-10)13(16)15-18(17)12-5-3-2-4-6-12/h2-5,7-9,12,18H,6H2,1H3. The number of hydrogen-bond acceptors (Lipinski definition) is 3. The fourth-order valence-electron chi connectivity index (χ4n) is 1.62. The van der Waals surface area contributed by atoms with Crippen LogP contribution in [0.3, 0.4) is 0 Å². The molecular weight excluding hydrogens is 248 g/mol. The first-order valence-corrected chi connectivity index (χ1v) is 6.92. The Kier molecular flexibility index (Phi) is 4.04. The van der Waals surface area contributed by atoms with Crippen molar-refractivity contribution >= 4 is 16.5 Å². The van der Waals surface area contributed by atoms with Crippen molar-refractivity contribution in [2.45, 2.75) is 18.6 Å². The first-order chi connectivity index (χ1) is 8.66. The molecule has 0 aliphatic heterocycles. The quantitative estimate of drug-likeness (QED) is 0.830. The number of nitrogens with zero attached hydrogens (tertiary/aromatic N) is 2. The minimum atomic E-state index is -1.91. The lowest BCUT2D eigenvalue weighted by atomic mass is 10.2. The van der Waals surface area contributed by atoms with E-state index in [1.165, 1.54) is 6.20 Å². The molecule has 94 valence electrons. The van der Waals surface area contributed by atoms with Crippen LogP contribution in [0.4, 0.5) is 0 Å². The second-order valence-electron chi connectivity index (χ2n) is 4.07. The molecule has 0 radical (unpaired) electrons. The van der Waals surface area contributed by atoms with Crippen LogP contribution in [0.2, 0.25) is 0 Å². The molecular formula is C13H14N2O2S. The summed E-state index contributed by atoms with van der Waals surface area (Å²) in [5.41, 5.74) is 1.26. The van der Waals surface area contributed by atoms with Crippen LogP contribution >= 0.6 is 0 Å². The minimum Gasteiger partial charge on any atom is -0.266 e. The zero-order valence-electron chi connectivity index (χ0n) is 9.98. The SMILES string of the molecule is Cc1cncc(C(=O)N=[SH](=O)C2C=CC=CC2)c1. The van der Waals surface area contributed by atoms with Crippen molar-refractivity contribution in [1.82, 2.24) is 4.98 Å². The lowest BCUT2D eigenvalue weighted by Crippen LogP contribution is -2.08.